The molecule has 0 aliphatic rings. The largest absolute Gasteiger partial charge is 0.327 e. The van der Waals surface area contributed by atoms with Gasteiger partial charge in [-0.3, -0.25) is 0 Å². The first-order valence-corrected chi connectivity index (χ1v) is 6.28. The molecule has 0 aliphatic carbocycles. The fraction of sp³-hybridized carbons (Fsp3) is 0.778. The Labute approximate surface area is 85.0 Å². The molecular weight excluding hydrogens is 186 g/mol. The molecule has 0 fully saturated rings. The minimum atomic E-state index is 0.312. The van der Waals surface area contributed by atoms with Crippen LogP contribution in [0.4, 0.5) is 0 Å². The molecule has 0 heterocycles. The lowest BCUT2D eigenvalue weighted by Gasteiger charge is -2.11. The Morgan fingerprint density at radius 1 is 1.50 bits per heavy atom. The Kier molecular flexibility index (Phi) is 7.10. The highest BCUT2D eigenvalue weighted by atomic mass is 33.1. The third kappa shape index (κ3) is 4.43. The van der Waals surface area contributed by atoms with Crippen molar-refractivity contribution in [1.82, 2.24) is 0 Å². The van der Waals surface area contributed by atoms with Crippen molar-refractivity contribution in [2.45, 2.75) is 46.1 Å². The minimum Gasteiger partial charge on any atom is -0.327 e. The SMILES string of the molecule is CC/C(SS)=C(\C)CC(N)CC. The van der Waals surface area contributed by atoms with Crippen molar-refractivity contribution < 1.29 is 0 Å². The summed E-state index contributed by atoms with van der Waals surface area (Å²) in [5, 5.41) is 0. The molecule has 0 radical (unpaired) electrons. The second-order valence-corrected chi connectivity index (χ2v) is 4.24. The molecule has 1 atom stereocenters. The third-order valence-corrected chi connectivity index (χ3v) is 3.52. The summed E-state index contributed by atoms with van der Waals surface area (Å²) in [5.41, 5.74) is 7.25. The molecule has 1 nitrogen and oxygen atoms in total. The van der Waals surface area contributed by atoms with Crippen molar-refractivity contribution in [3.63, 3.8) is 0 Å². The monoisotopic (exact) mass is 205 g/mol. The van der Waals surface area contributed by atoms with E-state index in [0.717, 1.165) is 19.3 Å². The summed E-state index contributed by atoms with van der Waals surface area (Å²) < 4.78 is 0. The van der Waals surface area contributed by atoms with E-state index in [9.17, 15) is 0 Å². The van der Waals surface area contributed by atoms with Gasteiger partial charge in [0.15, 0.2) is 0 Å². The average Bonchev–Trinajstić information content (AvgIpc) is 2.06. The van der Waals surface area contributed by atoms with E-state index in [1.165, 1.54) is 10.5 Å². The molecule has 3 heteroatoms. The van der Waals surface area contributed by atoms with Gasteiger partial charge in [-0.1, -0.05) is 30.2 Å². The van der Waals surface area contributed by atoms with Gasteiger partial charge in [-0.25, -0.2) is 0 Å². The summed E-state index contributed by atoms with van der Waals surface area (Å²) in [7, 11) is 1.55. The van der Waals surface area contributed by atoms with E-state index < -0.39 is 0 Å². The van der Waals surface area contributed by atoms with Crippen LogP contribution in [0.1, 0.15) is 40.0 Å². The minimum absolute atomic E-state index is 0.312. The average molecular weight is 205 g/mol. The van der Waals surface area contributed by atoms with Crippen LogP contribution in [0.5, 0.6) is 0 Å². The van der Waals surface area contributed by atoms with Crippen LogP contribution in [0.3, 0.4) is 0 Å². The van der Waals surface area contributed by atoms with Crippen molar-refractivity contribution in [2.24, 2.45) is 5.73 Å². The van der Waals surface area contributed by atoms with Gasteiger partial charge < -0.3 is 5.73 Å². The normalized spacial score (nSPS) is 15.8. The molecule has 2 N–H and O–H groups in total. The highest BCUT2D eigenvalue weighted by molar-refractivity contribution is 8.70. The maximum absolute atomic E-state index is 5.85. The molecule has 0 aromatic heterocycles. The van der Waals surface area contributed by atoms with Crippen LogP contribution in [0, 0.1) is 0 Å². The maximum atomic E-state index is 5.85. The summed E-state index contributed by atoms with van der Waals surface area (Å²) in [6, 6.07) is 0.312. The smallest absolute Gasteiger partial charge is 0.00737 e. The highest BCUT2D eigenvalue weighted by Crippen LogP contribution is 2.28. The van der Waals surface area contributed by atoms with E-state index in [1.807, 2.05) is 0 Å². The summed E-state index contributed by atoms with van der Waals surface area (Å²) in [6.07, 6.45) is 3.12. The van der Waals surface area contributed by atoms with Gasteiger partial charge in [-0.15, -0.1) is 11.7 Å². The topological polar surface area (TPSA) is 26.0 Å². The lowest BCUT2D eigenvalue weighted by atomic mass is 10.1. The van der Waals surface area contributed by atoms with Crippen LogP contribution in [0.15, 0.2) is 10.5 Å². The molecule has 0 aliphatic heterocycles. The Balaban J connectivity index is 4.13. The number of thiol groups is 1. The Bertz CT molecular complexity index is 149. The molecule has 72 valence electrons. The summed E-state index contributed by atoms with van der Waals surface area (Å²) >= 11 is 4.20. The van der Waals surface area contributed by atoms with Gasteiger partial charge in [-0.05, 0) is 31.1 Å². The molecular formula is C9H19NS2. The zero-order valence-electron chi connectivity index (χ0n) is 8.13. The molecule has 0 aromatic carbocycles. The maximum Gasteiger partial charge on any atom is 0.00737 e. The molecule has 0 bridgehead atoms. The van der Waals surface area contributed by atoms with Crippen LogP contribution in [-0.2, 0) is 0 Å². The number of nitrogens with two attached hydrogens (primary N) is 1. The van der Waals surface area contributed by atoms with Crippen LogP contribution in [-0.4, -0.2) is 6.04 Å². The van der Waals surface area contributed by atoms with Gasteiger partial charge in [-0.2, -0.15) is 0 Å². The van der Waals surface area contributed by atoms with E-state index in [1.54, 1.807) is 10.8 Å². The van der Waals surface area contributed by atoms with Crippen LogP contribution >= 0.6 is 22.5 Å². The number of rotatable bonds is 5. The molecule has 0 aromatic rings. The van der Waals surface area contributed by atoms with Crippen LogP contribution < -0.4 is 5.73 Å². The van der Waals surface area contributed by atoms with E-state index in [2.05, 4.69) is 32.4 Å². The van der Waals surface area contributed by atoms with Crippen LogP contribution in [0.25, 0.3) is 0 Å². The van der Waals surface area contributed by atoms with Crippen LogP contribution in [0.2, 0.25) is 0 Å². The summed E-state index contributed by atoms with van der Waals surface area (Å²) in [4.78, 5) is 1.36. The Morgan fingerprint density at radius 2 is 2.08 bits per heavy atom. The first kappa shape index (κ1) is 12.4. The predicted molar refractivity (Wildman–Crippen MR) is 62.5 cm³/mol. The fourth-order valence-corrected chi connectivity index (χ4v) is 2.32. The van der Waals surface area contributed by atoms with E-state index in [-0.39, 0.29) is 0 Å². The number of hydrogen-bond donors (Lipinski definition) is 2. The van der Waals surface area contributed by atoms with E-state index in [0.29, 0.717) is 6.04 Å². The zero-order chi connectivity index (χ0) is 9.56. The lowest BCUT2D eigenvalue weighted by Crippen LogP contribution is -2.18. The van der Waals surface area contributed by atoms with E-state index in [4.69, 9.17) is 5.73 Å². The van der Waals surface area contributed by atoms with Gasteiger partial charge in [0.2, 0.25) is 0 Å². The van der Waals surface area contributed by atoms with Gasteiger partial charge >= 0.3 is 0 Å². The Morgan fingerprint density at radius 3 is 2.42 bits per heavy atom. The Hall–Kier alpha value is 0.400. The van der Waals surface area contributed by atoms with Gasteiger partial charge in [0.1, 0.15) is 0 Å². The number of allylic oxidation sites excluding steroid dienone is 1. The van der Waals surface area contributed by atoms with Crippen molar-refractivity contribution in [2.75, 3.05) is 0 Å². The van der Waals surface area contributed by atoms with Gasteiger partial charge in [0.05, 0.1) is 0 Å². The second kappa shape index (κ2) is 6.87. The van der Waals surface area contributed by atoms with E-state index >= 15 is 0 Å². The number of hydrogen-bond acceptors (Lipinski definition) is 3. The quantitative estimate of drug-likeness (QED) is 0.531. The molecule has 0 saturated carbocycles. The first-order chi connectivity index (χ1) is 5.65. The summed E-state index contributed by atoms with van der Waals surface area (Å²) in [6.45, 7) is 6.43. The van der Waals surface area contributed by atoms with Crippen molar-refractivity contribution in [3.8, 4) is 0 Å². The van der Waals surface area contributed by atoms with Crippen molar-refractivity contribution in [1.29, 1.82) is 0 Å². The molecule has 12 heavy (non-hydrogen) atoms. The van der Waals surface area contributed by atoms with Crippen molar-refractivity contribution in [3.05, 3.63) is 10.5 Å². The molecule has 0 amide bonds. The highest BCUT2D eigenvalue weighted by Gasteiger charge is 2.04. The fourth-order valence-electron chi connectivity index (χ4n) is 1.10. The van der Waals surface area contributed by atoms with Gasteiger partial charge in [0, 0.05) is 6.04 Å². The van der Waals surface area contributed by atoms with Gasteiger partial charge in [0.25, 0.3) is 0 Å². The predicted octanol–water partition coefficient (Wildman–Crippen LogP) is 3.38. The second-order valence-electron chi connectivity index (χ2n) is 3.02. The standard InChI is InChI=1S/C9H19NS2/c1-4-8(10)6-7(3)9(5-2)12-11/h8,11H,4-6,10H2,1-3H3/b9-7-. The molecule has 0 saturated heterocycles. The van der Waals surface area contributed by atoms with Crippen molar-refractivity contribution >= 4 is 22.5 Å². The molecule has 1 unspecified atom stereocenters. The molecule has 0 spiro atoms. The molecule has 0 rings (SSSR count). The summed E-state index contributed by atoms with van der Waals surface area (Å²) in [5.74, 6) is 0. The third-order valence-electron chi connectivity index (χ3n) is 2.00. The first-order valence-electron chi connectivity index (χ1n) is 4.41. The lowest BCUT2D eigenvalue weighted by molar-refractivity contribution is 0.640. The zero-order valence-corrected chi connectivity index (χ0v) is 9.84.